The SMILES string of the molecule is CCCC(CN)CN(CCOCC)CCOCC. The van der Waals surface area contributed by atoms with Crippen LogP contribution in [0.4, 0.5) is 0 Å². The summed E-state index contributed by atoms with van der Waals surface area (Å²) >= 11 is 0. The maximum absolute atomic E-state index is 5.83. The highest BCUT2D eigenvalue weighted by Crippen LogP contribution is 2.07. The largest absolute Gasteiger partial charge is 0.380 e. The Balaban J connectivity index is 3.99. The van der Waals surface area contributed by atoms with E-state index in [9.17, 15) is 0 Å². The number of nitrogens with zero attached hydrogens (tertiary/aromatic N) is 1. The molecule has 0 spiro atoms. The van der Waals surface area contributed by atoms with Crippen molar-refractivity contribution >= 4 is 0 Å². The highest BCUT2D eigenvalue weighted by Gasteiger charge is 2.12. The summed E-state index contributed by atoms with van der Waals surface area (Å²) in [6.07, 6.45) is 2.41. The summed E-state index contributed by atoms with van der Waals surface area (Å²) in [5.41, 5.74) is 5.83. The summed E-state index contributed by atoms with van der Waals surface area (Å²) in [6, 6.07) is 0. The van der Waals surface area contributed by atoms with Gasteiger partial charge in [-0.3, -0.25) is 4.90 Å². The molecule has 0 saturated heterocycles. The van der Waals surface area contributed by atoms with Gasteiger partial charge in [-0.25, -0.2) is 0 Å². The second kappa shape index (κ2) is 13.3. The Labute approximate surface area is 113 Å². The van der Waals surface area contributed by atoms with E-state index in [1.54, 1.807) is 0 Å². The molecule has 0 radical (unpaired) electrons. The van der Waals surface area contributed by atoms with Crippen molar-refractivity contribution in [2.75, 3.05) is 52.6 Å². The number of rotatable bonds is 13. The van der Waals surface area contributed by atoms with Gasteiger partial charge in [0.05, 0.1) is 13.2 Å². The van der Waals surface area contributed by atoms with Crippen molar-refractivity contribution in [3.8, 4) is 0 Å². The average Bonchev–Trinajstić information content (AvgIpc) is 2.38. The number of hydrogen-bond acceptors (Lipinski definition) is 4. The molecule has 1 atom stereocenters. The smallest absolute Gasteiger partial charge is 0.0593 e. The minimum absolute atomic E-state index is 0.596. The van der Waals surface area contributed by atoms with Crippen molar-refractivity contribution in [3.05, 3.63) is 0 Å². The van der Waals surface area contributed by atoms with Crippen LogP contribution >= 0.6 is 0 Å². The van der Waals surface area contributed by atoms with Crippen molar-refractivity contribution in [2.45, 2.75) is 33.6 Å². The lowest BCUT2D eigenvalue weighted by atomic mass is 10.0. The molecule has 2 N–H and O–H groups in total. The summed E-state index contributed by atoms with van der Waals surface area (Å²) in [7, 11) is 0. The monoisotopic (exact) mass is 260 g/mol. The maximum Gasteiger partial charge on any atom is 0.0593 e. The molecule has 0 rings (SSSR count). The third-order valence-corrected chi connectivity index (χ3v) is 3.06. The molecule has 0 heterocycles. The van der Waals surface area contributed by atoms with Crippen LogP contribution in [0.2, 0.25) is 0 Å². The Bertz CT molecular complexity index is 158. The zero-order valence-corrected chi connectivity index (χ0v) is 12.5. The van der Waals surface area contributed by atoms with Crippen LogP contribution in [0.25, 0.3) is 0 Å². The van der Waals surface area contributed by atoms with Gasteiger partial charge in [0.2, 0.25) is 0 Å². The molecule has 0 aromatic rings. The van der Waals surface area contributed by atoms with E-state index in [0.29, 0.717) is 5.92 Å². The third kappa shape index (κ3) is 9.83. The molecule has 0 aliphatic carbocycles. The summed E-state index contributed by atoms with van der Waals surface area (Å²) in [5.74, 6) is 0.596. The second-order valence-electron chi connectivity index (χ2n) is 4.58. The molecule has 0 amide bonds. The molecule has 0 bridgehead atoms. The summed E-state index contributed by atoms with van der Waals surface area (Å²) < 4.78 is 10.9. The average molecular weight is 260 g/mol. The maximum atomic E-state index is 5.83. The van der Waals surface area contributed by atoms with E-state index < -0.39 is 0 Å². The lowest BCUT2D eigenvalue weighted by molar-refractivity contribution is 0.0754. The van der Waals surface area contributed by atoms with Gasteiger partial charge >= 0.3 is 0 Å². The molecule has 4 heteroatoms. The molecule has 18 heavy (non-hydrogen) atoms. The van der Waals surface area contributed by atoms with Crippen molar-refractivity contribution in [1.29, 1.82) is 0 Å². The molecule has 0 saturated carbocycles. The van der Waals surface area contributed by atoms with Crippen LogP contribution < -0.4 is 5.73 Å². The predicted octanol–water partition coefficient (Wildman–Crippen LogP) is 1.74. The Kier molecular flexibility index (Phi) is 13.2. The Morgan fingerprint density at radius 1 is 1.00 bits per heavy atom. The lowest BCUT2D eigenvalue weighted by Crippen LogP contribution is -2.37. The van der Waals surface area contributed by atoms with Crippen LogP contribution in [-0.4, -0.2) is 57.5 Å². The number of ether oxygens (including phenoxy) is 2. The molecule has 0 aliphatic rings. The van der Waals surface area contributed by atoms with Gasteiger partial charge in [0, 0.05) is 32.8 Å². The van der Waals surface area contributed by atoms with Gasteiger partial charge in [0.15, 0.2) is 0 Å². The van der Waals surface area contributed by atoms with Crippen LogP contribution in [-0.2, 0) is 9.47 Å². The van der Waals surface area contributed by atoms with Crippen molar-refractivity contribution in [3.63, 3.8) is 0 Å². The first-order valence-electron chi connectivity index (χ1n) is 7.36. The number of hydrogen-bond donors (Lipinski definition) is 1. The molecule has 0 aromatic heterocycles. The van der Waals surface area contributed by atoms with Gasteiger partial charge < -0.3 is 15.2 Å². The molecule has 0 aliphatic heterocycles. The van der Waals surface area contributed by atoms with Crippen LogP contribution in [0, 0.1) is 5.92 Å². The van der Waals surface area contributed by atoms with E-state index in [4.69, 9.17) is 15.2 Å². The van der Waals surface area contributed by atoms with Crippen LogP contribution in [0.3, 0.4) is 0 Å². The predicted molar refractivity (Wildman–Crippen MR) is 76.9 cm³/mol. The normalized spacial score (nSPS) is 13.2. The van der Waals surface area contributed by atoms with Crippen LogP contribution in [0.5, 0.6) is 0 Å². The lowest BCUT2D eigenvalue weighted by Gasteiger charge is -2.26. The van der Waals surface area contributed by atoms with Gasteiger partial charge in [-0.1, -0.05) is 13.3 Å². The first-order chi connectivity index (χ1) is 8.78. The minimum atomic E-state index is 0.596. The van der Waals surface area contributed by atoms with Gasteiger partial charge in [-0.2, -0.15) is 0 Å². The quantitative estimate of drug-likeness (QED) is 0.512. The summed E-state index contributed by atoms with van der Waals surface area (Å²) in [4.78, 5) is 2.42. The molecular weight excluding hydrogens is 228 g/mol. The van der Waals surface area contributed by atoms with Crippen LogP contribution in [0.1, 0.15) is 33.6 Å². The Hall–Kier alpha value is -0.160. The zero-order valence-electron chi connectivity index (χ0n) is 12.5. The van der Waals surface area contributed by atoms with Gasteiger partial charge in [-0.15, -0.1) is 0 Å². The van der Waals surface area contributed by atoms with Crippen molar-refractivity contribution in [1.82, 2.24) is 4.90 Å². The fraction of sp³-hybridized carbons (Fsp3) is 1.00. The summed E-state index contributed by atoms with van der Waals surface area (Å²) in [6.45, 7) is 13.2. The first kappa shape index (κ1) is 17.8. The highest BCUT2D eigenvalue weighted by molar-refractivity contribution is 4.67. The Morgan fingerprint density at radius 3 is 1.94 bits per heavy atom. The summed E-state index contributed by atoms with van der Waals surface area (Å²) in [5, 5.41) is 0. The number of nitrogens with two attached hydrogens (primary N) is 1. The fourth-order valence-electron chi connectivity index (χ4n) is 2.03. The Morgan fingerprint density at radius 2 is 1.56 bits per heavy atom. The van der Waals surface area contributed by atoms with Gasteiger partial charge in [0.1, 0.15) is 0 Å². The van der Waals surface area contributed by atoms with E-state index in [1.165, 1.54) is 12.8 Å². The first-order valence-corrected chi connectivity index (χ1v) is 7.36. The van der Waals surface area contributed by atoms with Crippen molar-refractivity contribution in [2.24, 2.45) is 11.7 Å². The van der Waals surface area contributed by atoms with Crippen LogP contribution in [0.15, 0.2) is 0 Å². The van der Waals surface area contributed by atoms with E-state index in [2.05, 4.69) is 11.8 Å². The van der Waals surface area contributed by atoms with Gasteiger partial charge in [-0.05, 0) is 32.7 Å². The van der Waals surface area contributed by atoms with E-state index in [-0.39, 0.29) is 0 Å². The van der Waals surface area contributed by atoms with Crippen molar-refractivity contribution < 1.29 is 9.47 Å². The molecule has 0 fully saturated rings. The zero-order chi connectivity index (χ0) is 13.6. The standard InChI is InChI=1S/C14H32N2O2/c1-4-7-14(12-15)13-16(8-10-17-5-2)9-11-18-6-3/h14H,4-13,15H2,1-3H3. The van der Waals surface area contributed by atoms with E-state index in [0.717, 1.165) is 52.6 Å². The highest BCUT2D eigenvalue weighted by atomic mass is 16.5. The van der Waals surface area contributed by atoms with Gasteiger partial charge in [0.25, 0.3) is 0 Å². The molecule has 0 aromatic carbocycles. The molecular formula is C14H32N2O2. The second-order valence-corrected chi connectivity index (χ2v) is 4.58. The van der Waals surface area contributed by atoms with E-state index in [1.807, 2.05) is 13.8 Å². The third-order valence-electron chi connectivity index (χ3n) is 3.06. The van der Waals surface area contributed by atoms with E-state index >= 15 is 0 Å². The molecule has 1 unspecified atom stereocenters. The minimum Gasteiger partial charge on any atom is -0.380 e. The fourth-order valence-corrected chi connectivity index (χ4v) is 2.03. The topological polar surface area (TPSA) is 47.7 Å². The molecule has 110 valence electrons. The molecule has 4 nitrogen and oxygen atoms in total.